The second-order valence-electron chi connectivity index (χ2n) is 6.80. The first-order valence-electron chi connectivity index (χ1n) is 8.89. The molecule has 8 heteroatoms. The molecule has 2 aromatic rings. The van der Waals surface area contributed by atoms with Crippen LogP contribution in [-0.2, 0) is 21.2 Å². The van der Waals surface area contributed by atoms with E-state index in [4.69, 9.17) is 0 Å². The molecule has 0 aliphatic carbocycles. The van der Waals surface area contributed by atoms with Crippen molar-refractivity contribution in [2.24, 2.45) is 0 Å². The molecule has 1 heterocycles. The van der Waals surface area contributed by atoms with Crippen LogP contribution in [0.5, 0.6) is 0 Å². The molecule has 3 rings (SSSR count). The van der Waals surface area contributed by atoms with Gasteiger partial charge in [0.2, 0.25) is 5.91 Å². The van der Waals surface area contributed by atoms with Crippen molar-refractivity contribution in [3.05, 3.63) is 64.1 Å². The van der Waals surface area contributed by atoms with Gasteiger partial charge in [0.25, 0.3) is 5.91 Å². The van der Waals surface area contributed by atoms with Crippen LogP contribution in [0.1, 0.15) is 28.8 Å². The molecule has 0 bridgehead atoms. The van der Waals surface area contributed by atoms with E-state index >= 15 is 0 Å². The van der Waals surface area contributed by atoms with Crippen molar-refractivity contribution in [3.63, 3.8) is 0 Å². The standard InChI is InChI=1S/C20H21BrN2O4S/c1-28(26,27)17-10-4-14(5-11-17)13-22-19(24)18-3-2-12-23(18)20(25)15-6-8-16(21)9-7-15/h4-11,18H,2-3,12-13H2,1H3,(H,22,24). The van der Waals surface area contributed by atoms with Crippen molar-refractivity contribution < 1.29 is 18.0 Å². The van der Waals surface area contributed by atoms with Crippen LogP contribution >= 0.6 is 15.9 Å². The van der Waals surface area contributed by atoms with Gasteiger partial charge in [-0.25, -0.2) is 8.42 Å². The summed E-state index contributed by atoms with van der Waals surface area (Å²) >= 11 is 3.35. The molecule has 1 unspecified atom stereocenters. The van der Waals surface area contributed by atoms with Gasteiger partial charge in [-0.15, -0.1) is 0 Å². The predicted molar refractivity (Wildman–Crippen MR) is 110 cm³/mol. The number of likely N-dealkylation sites (tertiary alicyclic amines) is 1. The molecule has 0 radical (unpaired) electrons. The molecule has 28 heavy (non-hydrogen) atoms. The smallest absolute Gasteiger partial charge is 0.254 e. The Morgan fingerprint density at radius 3 is 2.36 bits per heavy atom. The largest absolute Gasteiger partial charge is 0.350 e. The third-order valence-corrected chi connectivity index (χ3v) is 6.38. The maximum absolute atomic E-state index is 12.8. The van der Waals surface area contributed by atoms with Crippen LogP contribution < -0.4 is 5.32 Å². The van der Waals surface area contributed by atoms with E-state index in [0.717, 1.165) is 22.7 Å². The summed E-state index contributed by atoms with van der Waals surface area (Å²) in [6, 6.07) is 13.0. The molecule has 2 aromatic carbocycles. The van der Waals surface area contributed by atoms with Crippen LogP contribution in [-0.4, -0.2) is 44.0 Å². The Kier molecular flexibility index (Phi) is 6.20. The zero-order chi connectivity index (χ0) is 20.3. The van der Waals surface area contributed by atoms with E-state index in [1.54, 1.807) is 41.3 Å². The maximum atomic E-state index is 12.8. The number of hydrogen-bond donors (Lipinski definition) is 1. The number of sulfone groups is 1. The molecule has 148 valence electrons. The zero-order valence-corrected chi connectivity index (χ0v) is 17.8. The minimum absolute atomic E-state index is 0.150. The second kappa shape index (κ2) is 8.45. The fraction of sp³-hybridized carbons (Fsp3) is 0.300. The van der Waals surface area contributed by atoms with E-state index in [-0.39, 0.29) is 23.3 Å². The van der Waals surface area contributed by atoms with E-state index in [1.807, 2.05) is 0 Å². The summed E-state index contributed by atoms with van der Waals surface area (Å²) in [5, 5.41) is 2.85. The SMILES string of the molecule is CS(=O)(=O)c1ccc(CNC(=O)C2CCCN2C(=O)c2ccc(Br)cc2)cc1. The Balaban J connectivity index is 1.63. The zero-order valence-electron chi connectivity index (χ0n) is 15.4. The molecule has 0 spiro atoms. The molecule has 1 atom stereocenters. The summed E-state index contributed by atoms with van der Waals surface area (Å²) in [4.78, 5) is 27.2. The Morgan fingerprint density at radius 2 is 1.75 bits per heavy atom. The highest BCUT2D eigenvalue weighted by atomic mass is 79.9. The normalized spacial score (nSPS) is 16.8. The van der Waals surface area contributed by atoms with Gasteiger partial charge in [-0.2, -0.15) is 0 Å². The van der Waals surface area contributed by atoms with E-state index < -0.39 is 15.9 Å². The lowest BCUT2D eigenvalue weighted by molar-refractivity contribution is -0.125. The molecular formula is C20H21BrN2O4S. The number of benzene rings is 2. The van der Waals surface area contributed by atoms with Crippen LogP contribution in [0.2, 0.25) is 0 Å². The van der Waals surface area contributed by atoms with E-state index in [0.29, 0.717) is 18.5 Å². The van der Waals surface area contributed by atoms with E-state index in [2.05, 4.69) is 21.2 Å². The third kappa shape index (κ3) is 4.80. The van der Waals surface area contributed by atoms with E-state index in [9.17, 15) is 18.0 Å². The van der Waals surface area contributed by atoms with Crippen molar-refractivity contribution in [1.82, 2.24) is 10.2 Å². The fourth-order valence-corrected chi connectivity index (χ4v) is 4.10. The maximum Gasteiger partial charge on any atom is 0.254 e. The summed E-state index contributed by atoms with van der Waals surface area (Å²) in [5.41, 5.74) is 1.35. The summed E-state index contributed by atoms with van der Waals surface area (Å²) in [5.74, 6) is -0.349. The summed E-state index contributed by atoms with van der Waals surface area (Å²) in [6.45, 7) is 0.829. The first kappa shape index (κ1) is 20.5. The highest BCUT2D eigenvalue weighted by Crippen LogP contribution is 2.21. The van der Waals surface area contributed by atoms with Gasteiger partial charge in [-0.1, -0.05) is 28.1 Å². The number of nitrogens with one attached hydrogen (secondary N) is 1. The van der Waals surface area contributed by atoms with Crippen molar-refractivity contribution >= 4 is 37.6 Å². The minimum atomic E-state index is -3.24. The Labute approximate surface area is 173 Å². The van der Waals surface area contributed by atoms with Crippen molar-refractivity contribution in [2.75, 3.05) is 12.8 Å². The van der Waals surface area contributed by atoms with Crippen molar-refractivity contribution in [1.29, 1.82) is 0 Å². The molecular weight excluding hydrogens is 444 g/mol. The monoisotopic (exact) mass is 464 g/mol. The van der Waals surface area contributed by atoms with Crippen LogP contribution in [0.4, 0.5) is 0 Å². The van der Waals surface area contributed by atoms with Crippen LogP contribution in [0.25, 0.3) is 0 Å². The molecule has 2 amide bonds. The molecule has 1 aliphatic rings. The molecule has 1 N–H and O–H groups in total. The van der Waals surface area contributed by atoms with Gasteiger partial charge in [0.05, 0.1) is 4.90 Å². The van der Waals surface area contributed by atoms with Gasteiger partial charge in [-0.05, 0) is 54.8 Å². The lowest BCUT2D eigenvalue weighted by atomic mass is 10.1. The van der Waals surface area contributed by atoms with E-state index in [1.165, 1.54) is 12.1 Å². The summed E-state index contributed by atoms with van der Waals surface area (Å²) < 4.78 is 23.9. The molecule has 0 aromatic heterocycles. The molecule has 1 fully saturated rings. The lowest BCUT2D eigenvalue weighted by Crippen LogP contribution is -2.45. The Bertz CT molecular complexity index is 972. The topological polar surface area (TPSA) is 83.6 Å². The van der Waals surface area contributed by atoms with Gasteiger partial charge >= 0.3 is 0 Å². The van der Waals surface area contributed by atoms with Crippen molar-refractivity contribution in [2.45, 2.75) is 30.3 Å². The Morgan fingerprint density at radius 1 is 1.11 bits per heavy atom. The molecule has 0 saturated carbocycles. The highest BCUT2D eigenvalue weighted by molar-refractivity contribution is 9.10. The lowest BCUT2D eigenvalue weighted by Gasteiger charge is -2.24. The summed E-state index contributed by atoms with van der Waals surface area (Å²) in [7, 11) is -3.24. The first-order chi connectivity index (χ1) is 13.3. The van der Waals surface area contributed by atoms with Gasteiger partial charge in [0.1, 0.15) is 6.04 Å². The van der Waals surface area contributed by atoms with Crippen LogP contribution in [0, 0.1) is 0 Å². The van der Waals surface area contributed by atoms with Gasteiger partial charge in [0, 0.05) is 29.4 Å². The quantitative estimate of drug-likeness (QED) is 0.736. The number of rotatable bonds is 5. The second-order valence-corrected chi connectivity index (χ2v) is 9.73. The average molecular weight is 465 g/mol. The molecule has 6 nitrogen and oxygen atoms in total. The fourth-order valence-electron chi connectivity index (χ4n) is 3.20. The first-order valence-corrected chi connectivity index (χ1v) is 11.6. The number of nitrogens with zero attached hydrogens (tertiary/aromatic N) is 1. The summed E-state index contributed by atoms with van der Waals surface area (Å²) in [6.07, 6.45) is 2.56. The highest BCUT2D eigenvalue weighted by Gasteiger charge is 2.34. The third-order valence-electron chi connectivity index (χ3n) is 4.73. The number of amides is 2. The number of halogens is 1. The average Bonchev–Trinajstić information content (AvgIpc) is 3.15. The van der Waals surface area contributed by atoms with Crippen LogP contribution in [0.15, 0.2) is 57.9 Å². The van der Waals surface area contributed by atoms with Gasteiger partial charge in [-0.3, -0.25) is 9.59 Å². The number of hydrogen-bond acceptors (Lipinski definition) is 4. The molecule has 1 aliphatic heterocycles. The van der Waals surface area contributed by atoms with Gasteiger partial charge < -0.3 is 10.2 Å². The Hall–Kier alpha value is -2.19. The number of carbonyl (C=O) groups excluding carboxylic acids is 2. The van der Waals surface area contributed by atoms with Crippen LogP contribution in [0.3, 0.4) is 0 Å². The van der Waals surface area contributed by atoms with Gasteiger partial charge in [0.15, 0.2) is 9.84 Å². The van der Waals surface area contributed by atoms with Crippen molar-refractivity contribution in [3.8, 4) is 0 Å². The predicted octanol–water partition coefficient (Wildman–Crippen LogP) is 2.77. The number of carbonyl (C=O) groups is 2. The molecule has 1 saturated heterocycles. The minimum Gasteiger partial charge on any atom is -0.350 e.